The Morgan fingerprint density at radius 2 is 1.40 bits per heavy atom. The molecule has 0 unspecified atom stereocenters. The van der Waals surface area contributed by atoms with Crippen molar-refractivity contribution >= 4 is 10.1 Å². The van der Waals surface area contributed by atoms with Crippen LogP contribution in [-0.2, 0) is 10.1 Å². The summed E-state index contributed by atoms with van der Waals surface area (Å²) in [5, 5.41) is 0. The van der Waals surface area contributed by atoms with Crippen LogP contribution in [0.5, 0.6) is 0 Å². The zero-order valence-electron chi connectivity index (χ0n) is 16.7. The van der Waals surface area contributed by atoms with Crippen LogP contribution in [0.3, 0.4) is 0 Å². The number of benzene rings is 1. The third-order valence-corrected chi connectivity index (χ3v) is 5.18. The summed E-state index contributed by atoms with van der Waals surface area (Å²) in [6.07, 6.45) is 13.9. The first-order valence-corrected chi connectivity index (χ1v) is 10.6. The van der Waals surface area contributed by atoms with Crippen molar-refractivity contribution in [2.75, 3.05) is 0 Å². The largest absolute Gasteiger partial charge is 1.00 e. The number of hydrogen-bond acceptors (Lipinski definition) is 2. The molecule has 25 heavy (non-hydrogen) atoms. The van der Waals surface area contributed by atoms with Gasteiger partial charge in [-0.25, -0.2) is 0 Å². The molecule has 0 bridgehead atoms. The van der Waals surface area contributed by atoms with Crippen molar-refractivity contribution in [1.82, 2.24) is 0 Å². The zero-order valence-corrected chi connectivity index (χ0v) is 19.5. The van der Waals surface area contributed by atoms with Crippen molar-refractivity contribution in [2.45, 2.75) is 89.9 Å². The van der Waals surface area contributed by atoms with Crippen LogP contribution in [0.1, 0.15) is 82.3 Å². The summed E-state index contributed by atoms with van der Waals surface area (Å²) in [6.45, 7) is 9.58. The van der Waals surface area contributed by atoms with E-state index >= 15 is 0 Å². The van der Waals surface area contributed by atoms with Gasteiger partial charge in [0.15, 0.2) is 0 Å². The summed E-state index contributed by atoms with van der Waals surface area (Å²) in [7, 11) is -4.06. The number of hydrogen-bond donors (Lipinski definition) is 1. The third-order valence-electron chi connectivity index (χ3n) is 4.19. The van der Waals surface area contributed by atoms with Gasteiger partial charge in [0, 0.05) is 0 Å². The van der Waals surface area contributed by atoms with Gasteiger partial charge in [0.2, 0.25) is 0 Å². The molecular formula is C20H35NaO3S. The molecule has 0 aliphatic carbocycles. The summed E-state index contributed by atoms with van der Waals surface area (Å²) in [4.78, 5) is -0.0116. The molecule has 0 aromatic heterocycles. The van der Waals surface area contributed by atoms with Crippen LogP contribution < -0.4 is 29.6 Å². The van der Waals surface area contributed by atoms with Gasteiger partial charge in [-0.3, -0.25) is 4.55 Å². The standard InChI is InChI=1S/C12H25.C8H10O3S.Na/c1-3-5-7-9-11-12-10-8-6-4-2;1-6-4-3-5-8(7(6)2)12(9,10)11;/h1,3-12H2,2H3;3-5H,1-2H3,(H,9,10,11);/q-1;;+1. The molecule has 0 heterocycles. The van der Waals surface area contributed by atoms with Crippen molar-refractivity contribution in [1.29, 1.82) is 0 Å². The molecule has 1 aromatic carbocycles. The average molecular weight is 379 g/mol. The van der Waals surface area contributed by atoms with E-state index < -0.39 is 10.1 Å². The summed E-state index contributed by atoms with van der Waals surface area (Å²) in [5.74, 6) is 0. The van der Waals surface area contributed by atoms with Crippen LogP contribution in [0.4, 0.5) is 0 Å². The van der Waals surface area contributed by atoms with E-state index in [1.165, 1.54) is 63.9 Å². The van der Waals surface area contributed by atoms with Gasteiger partial charge in [0.25, 0.3) is 10.1 Å². The topological polar surface area (TPSA) is 54.4 Å². The minimum absolute atomic E-state index is 0. The van der Waals surface area contributed by atoms with Crippen LogP contribution in [0.15, 0.2) is 23.1 Å². The fourth-order valence-electron chi connectivity index (χ4n) is 2.49. The minimum atomic E-state index is -4.06. The molecule has 140 valence electrons. The second-order valence-corrected chi connectivity index (χ2v) is 7.75. The summed E-state index contributed by atoms with van der Waals surface area (Å²) < 4.78 is 30.3. The van der Waals surface area contributed by atoms with E-state index in [9.17, 15) is 8.42 Å². The predicted octanol–water partition coefficient (Wildman–Crippen LogP) is 3.30. The van der Waals surface area contributed by atoms with Crippen LogP contribution >= 0.6 is 0 Å². The second-order valence-electron chi connectivity index (χ2n) is 6.36. The van der Waals surface area contributed by atoms with Gasteiger partial charge >= 0.3 is 29.6 Å². The Morgan fingerprint density at radius 3 is 1.80 bits per heavy atom. The molecule has 0 spiro atoms. The fraction of sp³-hybridized carbons (Fsp3) is 0.650. The second kappa shape index (κ2) is 16.3. The number of aryl methyl sites for hydroxylation is 1. The van der Waals surface area contributed by atoms with E-state index in [1.54, 1.807) is 26.0 Å². The Kier molecular flexibility index (Phi) is 17.8. The Labute approximate surface area is 178 Å². The fourth-order valence-corrected chi connectivity index (χ4v) is 3.29. The summed E-state index contributed by atoms with van der Waals surface area (Å²) >= 11 is 0. The number of rotatable bonds is 10. The van der Waals surface area contributed by atoms with Crippen molar-refractivity contribution < 1.29 is 42.5 Å². The molecule has 0 aliphatic rings. The smallest absolute Gasteiger partial charge is 0.343 e. The predicted molar refractivity (Wildman–Crippen MR) is 103 cm³/mol. The molecule has 0 atom stereocenters. The summed E-state index contributed by atoms with van der Waals surface area (Å²) in [6, 6.07) is 4.78. The normalized spacial score (nSPS) is 10.6. The quantitative estimate of drug-likeness (QED) is 0.294. The molecule has 0 aliphatic heterocycles. The minimum Gasteiger partial charge on any atom is -0.343 e. The van der Waals surface area contributed by atoms with Gasteiger partial charge in [0.05, 0.1) is 4.90 Å². The maximum Gasteiger partial charge on any atom is 1.00 e. The van der Waals surface area contributed by atoms with Gasteiger partial charge < -0.3 is 6.92 Å². The van der Waals surface area contributed by atoms with Gasteiger partial charge in [-0.2, -0.15) is 14.8 Å². The van der Waals surface area contributed by atoms with Crippen LogP contribution in [0.25, 0.3) is 0 Å². The molecule has 1 N–H and O–H groups in total. The number of unbranched alkanes of at least 4 members (excludes halogenated alkanes) is 9. The van der Waals surface area contributed by atoms with Crippen molar-refractivity contribution in [3.05, 3.63) is 36.2 Å². The van der Waals surface area contributed by atoms with Gasteiger partial charge in [0.1, 0.15) is 0 Å². The van der Waals surface area contributed by atoms with Crippen molar-refractivity contribution in [2.24, 2.45) is 0 Å². The molecule has 5 heteroatoms. The SMILES string of the molecule is Cc1cccc(S(=O)(=O)O)c1C.[CH2-]CCCCCCCCCCC.[Na+]. The molecule has 0 saturated heterocycles. The Bertz CT molecular complexity index is 532. The monoisotopic (exact) mass is 378 g/mol. The molecule has 0 amide bonds. The van der Waals surface area contributed by atoms with E-state index in [1.807, 2.05) is 0 Å². The van der Waals surface area contributed by atoms with E-state index in [2.05, 4.69) is 13.8 Å². The molecule has 1 aromatic rings. The van der Waals surface area contributed by atoms with Gasteiger partial charge in [-0.05, 0) is 31.0 Å². The average Bonchev–Trinajstić information content (AvgIpc) is 2.52. The molecule has 3 nitrogen and oxygen atoms in total. The molecule has 1 rings (SSSR count). The Balaban J connectivity index is 0. The maximum absolute atomic E-state index is 10.8. The zero-order chi connectivity index (χ0) is 18.4. The Morgan fingerprint density at radius 1 is 0.920 bits per heavy atom. The first kappa shape index (κ1) is 27.3. The van der Waals surface area contributed by atoms with Crippen molar-refractivity contribution in [3.8, 4) is 0 Å². The van der Waals surface area contributed by atoms with E-state index in [0.29, 0.717) is 5.56 Å². The Hall–Kier alpha value is 0.130. The molecular weight excluding hydrogens is 343 g/mol. The molecule has 0 saturated carbocycles. The van der Waals surface area contributed by atoms with Gasteiger partial charge in [-0.15, -0.1) is 0 Å². The van der Waals surface area contributed by atoms with E-state index in [0.717, 1.165) is 12.0 Å². The molecule has 0 radical (unpaired) electrons. The maximum atomic E-state index is 10.8. The van der Waals surface area contributed by atoms with Crippen LogP contribution in [-0.4, -0.2) is 13.0 Å². The first-order valence-electron chi connectivity index (χ1n) is 9.17. The summed E-state index contributed by atoms with van der Waals surface area (Å²) in [5.41, 5.74) is 1.45. The van der Waals surface area contributed by atoms with E-state index in [4.69, 9.17) is 4.55 Å². The third kappa shape index (κ3) is 13.9. The van der Waals surface area contributed by atoms with Crippen LogP contribution in [0, 0.1) is 20.8 Å². The van der Waals surface area contributed by atoms with Crippen molar-refractivity contribution in [3.63, 3.8) is 0 Å². The van der Waals surface area contributed by atoms with Crippen LogP contribution in [0.2, 0.25) is 0 Å². The van der Waals surface area contributed by atoms with E-state index in [-0.39, 0.29) is 34.5 Å². The first-order chi connectivity index (χ1) is 11.3. The van der Waals surface area contributed by atoms with Gasteiger partial charge in [-0.1, -0.05) is 76.8 Å². The molecule has 0 fully saturated rings.